The van der Waals surface area contributed by atoms with E-state index in [1.165, 1.54) is 18.2 Å². The first kappa shape index (κ1) is 25.8. The number of hydrogen-bond acceptors (Lipinski definition) is 4. The maximum absolute atomic E-state index is 12.0. The van der Waals surface area contributed by atoms with Gasteiger partial charge in [-0.25, -0.2) is 0 Å². The summed E-state index contributed by atoms with van der Waals surface area (Å²) in [4.78, 5) is -1.00. The Kier molecular flexibility index (Phi) is 9.36. The van der Waals surface area contributed by atoms with Gasteiger partial charge in [0.05, 0.1) is 4.90 Å². The normalized spacial score (nSPS) is 11.5. The van der Waals surface area contributed by atoms with Crippen LogP contribution in [0.3, 0.4) is 0 Å². The summed E-state index contributed by atoms with van der Waals surface area (Å²) >= 11 is 0. The molecule has 10 heteroatoms. The van der Waals surface area contributed by atoms with Crippen molar-refractivity contribution in [1.82, 2.24) is 0 Å². The van der Waals surface area contributed by atoms with Gasteiger partial charge in [0, 0.05) is 5.39 Å². The van der Waals surface area contributed by atoms with Crippen molar-refractivity contribution in [2.75, 3.05) is 0 Å². The SMILES string of the molecule is O=S(=O)(O)c1cc2ccccc2c(S(=O)(=O)O)c1CCc1ccccc1.[Na+].[Na+]. The van der Waals surface area contributed by atoms with E-state index in [1.54, 1.807) is 12.1 Å². The van der Waals surface area contributed by atoms with Crippen LogP contribution in [0.1, 0.15) is 11.1 Å². The standard InChI is InChI=1S/C18H16O6S2.2Na/c19-25(20,21)17-12-14-8-4-5-9-15(14)18(26(22,23)24)16(17)11-10-13-6-2-1-3-7-13;;/h1-9,12H,10-11H2,(H,19,20,21)(H,22,23,24);;/q;2*+1. The minimum Gasteiger partial charge on any atom is -0.282 e. The fraction of sp³-hybridized carbons (Fsp3) is 0.111. The molecule has 2 N–H and O–H groups in total. The molecule has 0 amide bonds. The maximum Gasteiger partial charge on any atom is 1.00 e. The van der Waals surface area contributed by atoms with Gasteiger partial charge >= 0.3 is 59.1 Å². The van der Waals surface area contributed by atoms with E-state index in [9.17, 15) is 25.9 Å². The largest absolute Gasteiger partial charge is 1.00 e. The molecule has 0 saturated carbocycles. The number of hydrogen-bond donors (Lipinski definition) is 2. The Morgan fingerprint density at radius 1 is 0.714 bits per heavy atom. The van der Waals surface area contributed by atoms with E-state index in [-0.39, 0.29) is 81.9 Å². The van der Waals surface area contributed by atoms with Gasteiger partial charge in [-0.1, -0.05) is 54.6 Å². The Hall–Kier alpha value is -0.260. The molecular weight excluding hydrogens is 422 g/mol. The zero-order valence-corrected chi connectivity index (χ0v) is 21.2. The van der Waals surface area contributed by atoms with E-state index >= 15 is 0 Å². The molecule has 0 fully saturated rings. The average Bonchev–Trinajstić information content (AvgIpc) is 2.57. The van der Waals surface area contributed by atoms with E-state index in [1.807, 2.05) is 30.3 Å². The van der Waals surface area contributed by atoms with Gasteiger partial charge in [-0.3, -0.25) is 9.11 Å². The van der Waals surface area contributed by atoms with Crippen LogP contribution in [-0.2, 0) is 33.1 Å². The molecule has 0 aliphatic heterocycles. The van der Waals surface area contributed by atoms with Crippen molar-refractivity contribution in [2.45, 2.75) is 22.6 Å². The van der Waals surface area contributed by atoms with Crippen LogP contribution in [-0.4, -0.2) is 25.9 Å². The van der Waals surface area contributed by atoms with Crippen molar-refractivity contribution in [3.05, 3.63) is 71.8 Å². The van der Waals surface area contributed by atoms with E-state index in [0.29, 0.717) is 6.42 Å². The molecule has 0 aliphatic rings. The van der Waals surface area contributed by atoms with Crippen LogP contribution >= 0.6 is 0 Å². The molecule has 0 radical (unpaired) electrons. The van der Waals surface area contributed by atoms with Crippen molar-refractivity contribution >= 4 is 31.0 Å². The van der Waals surface area contributed by atoms with E-state index in [2.05, 4.69) is 0 Å². The second-order valence-corrected chi connectivity index (χ2v) is 8.59. The Bertz CT molecular complexity index is 1180. The van der Waals surface area contributed by atoms with Gasteiger partial charge < -0.3 is 0 Å². The first-order valence-electron chi connectivity index (χ1n) is 7.71. The third-order valence-electron chi connectivity index (χ3n) is 4.11. The monoisotopic (exact) mass is 438 g/mol. The molecule has 0 saturated heterocycles. The van der Waals surface area contributed by atoms with Crippen molar-refractivity contribution in [2.24, 2.45) is 0 Å². The topological polar surface area (TPSA) is 109 Å². The summed E-state index contributed by atoms with van der Waals surface area (Å²) < 4.78 is 67.2. The number of aryl methyl sites for hydroxylation is 1. The predicted molar refractivity (Wildman–Crippen MR) is 97.4 cm³/mol. The van der Waals surface area contributed by atoms with Crippen LogP contribution in [0.25, 0.3) is 10.8 Å². The summed E-state index contributed by atoms with van der Waals surface area (Å²) in [7, 11) is -9.41. The molecule has 0 heterocycles. The van der Waals surface area contributed by atoms with Crippen LogP contribution in [0.4, 0.5) is 0 Å². The van der Waals surface area contributed by atoms with Crippen LogP contribution in [0.15, 0.2) is 70.5 Å². The number of rotatable bonds is 5. The molecule has 3 rings (SSSR count). The molecule has 3 aromatic rings. The molecule has 28 heavy (non-hydrogen) atoms. The van der Waals surface area contributed by atoms with Crippen molar-refractivity contribution in [3.63, 3.8) is 0 Å². The summed E-state index contributed by atoms with van der Waals surface area (Å²) in [5, 5.41) is 0.488. The summed E-state index contributed by atoms with van der Waals surface area (Å²) in [5.74, 6) is 0. The Morgan fingerprint density at radius 3 is 1.86 bits per heavy atom. The third-order valence-corrected chi connectivity index (χ3v) is 6.01. The van der Waals surface area contributed by atoms with Gasteiger partial charge in [0.15, 0.2) is 0 Å². The van der Waals surface area contributed by atoms with Crippen LogP contribution in [0, 0.1) is 0 Å². The van der Waals surface area contributed by atoms with Crippen LogP contribution in [0.5, 0.6) is 0 Å². The molecule has 0 bridgehead atoms. The van der Waals surface area contributed by atoms with Gasteiger partial charge in [-0.15, -0.1) is 0 Å². The molecule has 0 unspecified atom stereocenters. The quantitative estimate of drug-likeness (QED) is 0.328. The molecule has 0 aliphatic carbocycles. The predicted octanol–water partition coefficient (Wildman–Crippen LogP) is -2.87. The second-order valence-electron chi connectivity index (χ2n) is 5.84. The Balaban J connectivity index is 0.00000196. The fourth-order valence-electron chi connectivity index (χ4n) is 3.01. The summed E-state index contributed by atoms with van der Waals surface area (Å²) in [6.45, 7) is 0. The van der Waals surface area contributed by atoms with Crippen LogP contribution in [0.2, 0.25) is 0 Å². The summed E-state index contributed by atoms with van der Waals surface area (Å²) in [6.07, 6.45) is 0.351. The minimum atomic E-state index is -4.72. The molecule has 0 aromatic heterocycles. The van der Waals surface area contributed by atoms with E-state index in [0.717, 1.165) is 5.56 Å². The smallest absolute Gasteiger partial charge is 0.282 e. The van der Waals surface area contributed by atoms with Crippen molar-refractivity contribution in [1.29, 1.82) is 0 Å². The summed E-state index contributed by atoms with van der Waals surface area (Å²) in [6, 6.07) is 16.5. The van der Waals surface area contributed by atoms with Gasteiger partial charge in [0.2, 0.25) is 0 Å². The van der Waals surface area contributed by atoms with Crippen LogP contribution < -0.4 is 59.1 Å². The maximum atomic E-state index is 12.0. The van der Waals surface area contributed by atoms with Gasteiger partial charge in [0.25, 0.3) is 20.2 Å². The molecule has 136 valence electrons. The Labute approximate surface area is 208 Å². The zero-order valence-electron chi connectivity index (χ0n) is 15.5. The van der Waals surface area contributed by atoms with Gasteiger partial charge in [-0.05, 0) is 35.4 Å². The van der Waals surface area contributed by atoms with Gasteiger partial charge in [-0.2, -0.15) is 16.8 Å². The second kappa shape index (κ2) is 10.2. The van der Waals surface area contributed by atoms with E-state index < -0.39 is 30.0 Å². The zero-order chi connectivity index (χ0) is 18.9. The average molecular weight is 438 g/mol. The molecule has 6 nitrogen and oxygen atoms in total. The first-order chi connectivity index (χ1) is 12.2. The van der Waals surface area contributed by atoms with Crippen molar-refractivity contribution in [3.8, 4) is 0 Å². The fourth-order valence-corrected chi connectivity index (χ4v) is 4.85. The number of benzene rings is 3. The number of fused-ring (bicyclic) bond motifs is 1. The molecule has 3 aromatic carbocycles. The Morgan fingerprint density at radius 2 is 1.29 bits per heavy atom. The molecule has 0 atom stereocenters. The first-order valence-corrected chi connectivity index (χ1v) is 10.6. The summed E-state index contributed by atoms with van der Waals surface area (Å²) in [5.41, 5.74) is 0.737. The minimum absolute atomic E-state index is 0. The third kappa shape index (κ3) is 5.89. The molecule has 0 spiro atoms. The molecular formula is C18H16Na2O6S2+2. The van der Waals surface area contributed by atoms with E-state index in [4.69, 9.17) is 0 Å². The van der Waals surface area contributed by atoms with Crippen molar-refractivity contribution < 1.29 is 85.1 Å². The van der Waals surface area contributed by atoms with Gasteiger partial charge in [0.1, 0.15) is 4.90 Å².